The number of rotatable bonds is 5. The van der Waals surface area contributed by atoms with E-state index >= 15 is 0 Å². The molecule has 0 fully saturated rings. The predicted molar refractivity (Wildman–Crippen MR) is 105 cm³/mol. The van der Waals surface area contributed by atoms with Crippen molar-refractivity contribution in [1.82, 2.24) is 15.0 Å². The van der Waals surface area contributed by atoms with Gasteiger partial charge in [-0.15, -0.1) is 5.10 Å². The maximum Gasteiger partial charge on any atom is 0.319 e. The molecule has 6 heteroatoms. The standard InChI is InChI=1S/C22H17N3O3/c26-21-18-13-7-8-14-19(18)23-24-25(21)15-28-22(27)20(16-9-3-1-4-10-16)17-11-5-2-6-12-17/h1-14,20H,15H2. The molecule has 28 heavy (non-hydrogen) atoms. The summed E-state index contributed by atoms with van der Waals surface area (Å²) >= 11 is 0. The van der Waals surface area contributed by atoms with Crippen LogP contribution in [0.4, 0.5) is 0 Å². The molecule has 0 saturated heterocycles. The van der Waals surface area contributed by atoms with Crippen molar-refractivity contribution in [2.24, 2.45) is 0 Å². The van der Waals surface area contributed by atoms with Crippen LogP contribution < -0.4 is 5.56 Å². The van der Waals surface area contributed by atoms with Gasteiger partial charge in [-0.3, -0.25) is 9.59 Å². The van der Waals surface area contributed by atoms with E-state index in [0.717, 1.165) is 15.8 Å². The molecular weight excluding hydrogens is 354 g/mol. The molecule has 0 N–H and O–H groups in total. The summed E-state index contributed by atoms with van der Waals surface area (Å²) in [7, 11) is 0. The average molecular weight is 371 g/mol. The van der Waals surface area contributed by atoms with Crippen LogP contribution in [0.15, 0.2) is 89.7 Å². The summed E-state index contributed by atoms with van der Waals surface area (Å²) in [4.78, 5) is 25.4. The third-order valence-electron chi connectivity index (χ3n) is 4.46. The van der Waals surface area contributed by atoms with Crippen LogP contribution in [-0.4, -0.2) is 21.0 Å². The number of carbonyl (C=O) groups excluding carboxylic acids is 1. The average Bonchev–Trinajstić information content (AvgIpc) is 2.75. The van der Waals surface area contributed by atoms with Gasteiger partial charge in [-0.1, -0.05) is 78.0 Å². The number of benzene rings is 3. The molecule has 0 bridgehead atoms. The second-order valence-electron chi connectivity index (χ2n) is 6.26. The molecule has 1 heterocycles. The van der Waals surface area contributed by atoms with E-state index in [0.29, 0.717) is 10.9 Å². The van der Waals surface area contributed by atoms with Crippen LogP contribution in [0.2, 0.25) is 0 Å². The van der Waals surface area contributed by atoms with Crippen molar-refractivity contribution in [1.29, 1.82) is 0 Å². The van der Waals surface area contributed by atoms with Crippen LogP contribution >= 0.6 is 0 Å². The molecule has 3 aromatic carbocycles. The third-order valence-corrected chi connectivity index (χ3v) is 4.46. The number of hydrogen-bond donors (Lipinski definition) is 0. The van der Waals surface area contributed by atoms with Gasteiger partial charge in [0.15, 0.2) is 6.73 Å². The van der Waals surface area contributed by atoms with E-state index in [4.69, 9.17) is 4.74 Å². The molecule has 0 aliphatic rings. The Hall–Kier alpha value is -3.80. The fraction of sp³-hybridized carbons (Fsp3) is 0.0909. The lowest BCUT2D eigenvalue weighted by molar-refractivity contribution is -0.148. The van der Waals surface area contributed by atoms with E-state index < -0.39 is 11.9 Å². The SMILES string of the molecule is O=C(OCn1nnc2ccccc2c1=O)C(c1ccccc1)c1ccccc1. The number of esters is 1. The van der Waals surface area contributed by atoms with Gasteiger partial charge in [0.25, 0.3) is 5.56 Å². The molecule has 1 aromatic heterocycles. The van der Waals surface area contributed by atoms with E-state index in [-0.39, 0.29) is 12.3 Å². The highest BCUT2D eigenvalue weighted by Crippen LogP contribution is 2.26. The van der Waals surface area contributed by atoms with Gasteiger partial charge in [0.05, 0.1) is 5.39 Å². The first kappa shape index (κ1) is 17.6. The van der Waals surface area contributed by atoms with Gasteiger partial charge >= 0.3 is 5.97 Å². The summed E-state index contributed by atoms with van der Waals surface area (Å²) in [6.45, 7) is -0.300. The van der Waals surface area contributed by atoms with Crippen molar-refractivity contribution in [3.63, 3.8) is 0 Å². The van der Waals surface area contributed by atoms with Crippen LogP contribution in [0.5, 0.6) is 0 Å². The largest absolute Gasteiger partial charge is 0.441 e. The maximum atomic E-state index is 12.9. The quantitative estimate of drug-likeness (QED) is 0.504. The molecule has 0 unspecified atom stereocenters. The monoisotopic (exact) mass is 371 g/mol. The molecule has 4 rings (SSSR count). The Balaban J connectivity index is 1.61. The first-order valence-corrected chi connectivity index (χ1v) is 8.83. The molecule has 0 aliphatic heterocycles. The van der Waals surface area contributed by atoms with E-state index in [2.05, 4.69) is 10.3 Å². The zero-order valence-electron chi connectivity index (χ0n) is 14.9. The van der Waals surface area contributed by atoms with Gasteiger partial charge in [0.1, 0.15) is 11.4 Å². The number of nitrogens with zero attached hydrogens (tertiary/aromatic N) is 3. The molecule has 4 aromatic rings. The predicted octanol–water partition coefficient (Wildman–Crippen LogP) is 3.12. The molecule has 0 atom stereocenters. The second kappa shape index (κ2) is 7.84. The van der Waals surface area contributed by atoms with E-state index in [1.807, 2.05) is 60.7 Å². The lowest BCUT2D eigenvalue weighted by Gasteiger charge is -2.17. The smallest absolute Gasteiger partial charge is 0.319 e. The Bertz CT molecular complexity index is 1120. The fourth-order valence-electron chi connectivity index (χ4n) is 3.07. The minimum Gasteiger partial charge on any atom is -0.441 e. The van der Waals surface area contributed by atoms with Crippen LogP contribution in [-0.2, 0) is 16.3 Å². The van der Waals surface area contributed by atoms with Crippen molar-refractivity contribution >= 4 is 16.9 Å². The van der Waals surface area contributed by atoms with E-state index in [1.165, 1.54) is 0 Å². The van der Waals surface area contributed by atoms with Gasteiger partial charge in [-0.2, -0.15) is 4.68 Å². The topological polar surface area (TPSA) is 74.1 Å². The lowest BCUT2D eigenvalue weighted by atomic mass is 9.91. The second-order valence-corrected chi connectivity index (χ2v) is 6.26. The molecule has 138 valence electrons. The minimum atomic E-state index is -0.591. The fourth-order valence-corrected chi connectivity index (χ4v) is 3.07. The number of ether oxygens (including phenoxy) is 1. The molecule has 0 saturated carbocycles. The Labute approximate surface area is 161 Å². The van der Waals surface area contributed by atoms with E-state index in [9.17, 15) is 9.59 Å². The van der Waals surface area contributed by atoms with Gasteiger partial charge < -0.3 is 4.74 Å². The van der Waals surface area contributed by atoms with Gasteiger partial charge in [-0.05, 0) is 23.3 Å². The minimum absolute atomic E-state index is 0.300. The van der Waals surface area contributed by atoms with Crippen molar-refractivity contribution in [2.75, 3.05) is 0 Å². The molecular formula is C22H17N3O3. The number of hydrogen-bond acceptors (Lipinski definition) is 5. The Kier molecular flexibility index (Phi) is 4.93. The van der Waals surface area contributed by atoms with Crippen molar-refractivity contribution < 1.29 is 9.53 Å². The summed E-state index contributed by atoms with van der Waals surface area (Å²) in [5, 5.41) is 8.29. The third kappa shape index (κ3) is 3.53. The molecule has 0 radical (unpaired) electrons. The summed E-state index contributed by atoms with van der Waals surface area (Å²) < 4.78 is 6.50. The van der Waals surface area contributed by atoms with E-state index in [1.54, 1.807) is 24.3 Å². The molecule has 0 aliphatic carbocycles. The molecule has 0 spiro atoms. The summed E-state index contributed by atoms with van der Waals surface area (Å²) in [5.41, 5.74) is 1.78. The van der Waals surface area contributed by atoms with Gasteiger partial charge in [0, 0.05) is 0 Å². The first-order valence-electron chi connectivity index (χ1n) is 8.83. The number of aromatic nitrogens is 3. The highest BCUT2D eigenvalue weighted by Gasteiger charge is 2.24. The van der Waals surface area contributed by atoms with Gasteiger partial charge in [-0.25, -0.2) is 0 Å². The van der Waals surface area contributed by atoms with Crippen LogP contribution in [0, 0.1) is 0 Å². The van der Waals surface area contributed by atoms with Crippen LogP contribution in [0.25, 0.3) is 10.9 Å². The summed E-state index contributed by atoms with van der Waals surface area (Å²) in [6, 6.07) is 25.7. The maximum absolute atomic E-state index is 12.9. The van der Waals surface area contributed by atoms with Crippen LogP contribution in [0.1, 0.15) is 17.0 Å². The highest BCUT2D eigenvalue weighted by molar-refractivity contribution is 5.82. The van der Waals surface area contributed by atoms with Crippen molar-refractivity contribution in [3.05, 3.63) is 106 Å². The Morgan fingerprint density at radius 1 is 0.857 bits per heavy atom. The number of carbonyl (C=O) groups is 1. The summed E-state index contributed by atoms with van der Waals surface area (Å²) in [6.07, 6.45) is 0. The molecule has 6 nitrogen and oxygen atoms in total. The van der Waals surface area contributed by atoms with Crippen molar-refractivity contribution in [3.8, 4) is 0 Å². The highest BCUT2D eigenvalue weighted by atomic mass is 16.5. The van der Waals surface area contributed by atoms with Crippen LogP contribution in [0.3, 0.4) is 0 Å². The van der Waals surface area contributed by atoms with Crippen molar-refractivity contribution in [2.45, 2.75) is 12.6 Å². The Morgan fingerprint density at radius 3 is 2.07 bits per heavy atom. The first-order chi connectivity index (χ1) is 13.7. The lowest BCUT2D eigenvalue weighted by Crippen LogP contribution is -2.28. The van der Waals surface area contributed by atoms with Gasteiger partial charge in [0.2, 0.25) is 0 Å². The Morgan fingerprint density at radius 2 is 1.43 bits per heavy atom. The zero-order chi connectivity index (χ0) is 19.3. The number of fused-ring (bicyclic) bond motifs is 1. The normalized spacial score (nSPS) is 10.9. The summed E-state index contributed by atoms with van der Waals surface area (Å²) in [5.74, 6) is -1.05. The molecule has 0 amide bonds. The zero-order valence-corrected chi connectivity index (χ0v) is 14.9.